The minimum Gasteiger partial charge on any atom is -0.495 e. The van der Waals surface area contributed by atoms with Gasteiger partial charge in [0.1, 0.15) is 12.4 Å². The molecule has 0 aliphatic heterocycles. The van der Waals surface area contributed by atoms with Crippen LogP contribution >= 0.6 is 0 Å². The van der Waals surface area contributed by atoms with Gasteiger partial charge in [-0.2, -0.15) is 13.2 Å². The van der Waals surface area contributed by atoms with Gasteiger partial charge in [-0.3, -0.25) is 4.79 Å². The number of rotatable bonds is 7. The molecule has 0 bridgehead atoms. The van der Waals surface area contributed by atoms with Crippen molar-refractivity contribution in [2.24, 2.45) is 0 Å². The molecule has 0 aliphatic rings. The maximum atomic E-state index is 11.8. The van der Waals surface area contributed by atoms with E-state index < -0.39 is 18.7 Å². The van der Waals surface area contributed by atoms with Gasteiger partial charge >= 0.3 is 6.18 Å². The van der Waals surface area contributed by atoms with E-state index in [0.717, 1.165) is 5.56 Å². The van der Waals surface area contributed by atoms with Crippen LogP contribution in [-0.2, 0) is 16.1 Å². The van der Waals surface area contributed by atoms with E-state index in [4.69, 9.17) is 10.5 Å². The number of halogens is 3. The Bertz CT molecular complexity index is 478. The Morgan fingerprint density at radius 2 is 2.10 bits per heavy atom. The van der Waals surface area contributed by atoms with Crippen molar-refractivity contribution in [1.82, 2.24) is 5.32 Å². The van der Waals surface area contributed by atoms with Crippen LogP contribution in [0.3, 0.4) is 0 Å². The topological polar surface area (TPSA) is 73.6 Å². The molecule has 0 saturated carbocycles. The van der Waals surface area contributed by atoms with Gasteiger partial charge in [0.2, 0.25) is 5.91 Å². The van der Waals surface area contributed by atoms with Gasteiger partial charge < -0.3 is 20.5 Å². The van der Waals surface area contributed by atoms with Gasteiger partial charge in [-0.25, -0.2) is 0 Å². The molecule has 0 aromatic heterocycles. The molecule has 1 amide bonds. The number of amides is 1. The number of hydrogen-bond acceptors (Lipinski definition) is 4. The first kappa shape index (κ1) is 17.1. The van der Waals surface area contributed by atoms with Gasteiger partial charge in [0.15, 0.2) is 0 Å². The van der Waals surface area contributed by atoms with Crippen LogP contribution in [0.2, 0.25) is 0 Å². The summed E-state index contributed by atoms with van der Waals surface area (Å²) < 4.78 is 44.8. The minimum absolute atomic E-state index is 0.137. The van der Waals surface area contributed by atoms with E-state index in [1.807, 2.05) is 0 Å². The predicted molar refractivity (Wildman–Crippen MR) is 70.7 cm³/mol. The first-order chi connectivity index (χ1) is 9.81. The summed E-state index contributed by atoms with van der Waals surface area (Å²) in [4.78, 5) is 11.4. The fraction of sp³-hybridized carbons (Fsp3) is 0.462. The highest BCUT2D eigenvalue weighted by Gasteiger charge is 2.27. The van der Waals surface area contributed by atoms with Gasteiger partial charge in [-0.05, 0) is 17.7 Å². The molecular weight excluding hydrogens is 289 g/mol. The molecule has 0 radical (unpaired) electrons. The van der Waals surface area contributed by atoms with Crippen LogP contribution in [0.1, 0.15) is 12.0 Å². The van der Waals surface area contributed by atoms with Crippen LogP contribution in [0.5, 0.6) is 5.75 Å². The summed E-state index contributed by atoms with van der Waals surface area (Å²) in [5.74, 6) is 0.136. The lowest BCUT2D eigenvalue weighted by Crippen LogP contribution is -2.25. The number of benzene rings is 1. The van der Waals surface area contributed by atoms with Gasteiger partial charge in [0.05, 0.1) is 19.4 Å². The third-order valence-corrected chi connectivity index (χ3v) is 2.52. The van der Waals surface area contributed by atoms with Crippen molar-refractivity contribution in [2.45, 2.75) is 19.1 Å². The first-order valence-corrected chi connectivity index (χ1v) is 6.15. The van der Waals surface area contributed by atoms with Crippen molar-refractivity contribution in [1.29, 1.82) is 0 Å². The van der Waals surface area contributed by atoms with Crippen molar-refractivity contribution in [2.75, 3.05) is 26.1 Å². The second-order valence-electron chi connectivity index (χ2n) is 4.27. The highest BCUT2D eigenvalue weighted by molar-refractivity contribution is 5.76. The zero-order valence-electron chi connectivity index (χ0n) is 11.5. The average molecular weight is 306 g/mol. The number of nitrogens with one attached hydrogen (secondary N) is 1. The summed E-state index contributed by atoms with van der Waals surface area (Å²) in [6.07, 6.45) is -4.52. The largest absolute Gasteiger partial charge is 0.495 e. The Kier molecular flexibility index (Phi) is 6.29. The summed E-state index contributed by atoms with van der Waals surface area (Å²) >= 11 is 0. The number of anilines is 1. The number of hydrogen-bond donors (Lipinski definition) is 2. The van der Waals surface area contributed by atoms with E-state index in [1.165, 1.54) is 7.11 Å². The average Bonchev–Trinajstić information content (AvgIpc) is 2.40. The highest BCUT2D eigenvalue weighted by Crippen LogP contribution is 2.21. The Labute approximate surface area is 120 Å². The van der Waals surface area contributed by atoms with Crippen molar-refractivity contribution in [3.63, 3.8) is 0 Å². The summed E-state index contributed by atoms with van der Waals surface area (Å²) in [5.41, 5.74) is 6.92. The van der Waals surface area contributed by atoms with E-state index in [1.54, 1.807) is 18.2 Å². The van der Waals surface area contributed by atoms with Crippen LogP contribution in [0.4, 0.5) is 18.9 Å². The first-order valence-electron chi connectivity index (χ1n) is 6.15. The van der Waals surface area contributed by atoms with Crippen LogP contribution < -0.4 is 15.8 Å². The van der Waals surface area contributed by atoms with E-state index in [-0.39, 0.29) is 19.6 Å². The second-order valence-corrected chi connectivity index (χ2v) is 4.27. The third-order valence-electron chi connectivity index (χ3n) is 2.52. The number of alkyl halides is 3. The van der Waals surface area contributed by atoms with E-state index in [2.05, 4.69) is 10.1 Å². The molecule has 1 rings (SSSR count). The lowest BCUT2D eigenvalue weighted by atomic mass is 10.2. The second kappa shape index (κ2) is 7.72. The van der Waals surface area contributed by atoms with E-state index >= 15 is 0 Å². The number of ether oxygens (including phenoxy) is 2. The summed E-state index contributed by atoms with van der Waals surface area (Å²) in [7, 11) is 1.49. The van der Waals surface area contributed by atoms with Gasteiger partial charge in [-0.15, -0.1) is 0 Å². The zero-order chi connectivity index (χ0) is 15.9. The molecule has 8 heteroatoms. The monoisotopic (exact) mass is 306 g/mol. The molecule has 118 valence electrons. The van der Waals surface area contributed by atoms with E-state index in [9.17, 15) is 18.0 Å². The van der Waals surface area contributed by atoms with Gasteiger partial charge in [-0.1, -0.05) is 6.07 Å². The molecule has 0 atom stereocenters. The Morgan fingerprint density at radius 1 is 1.38 bits per heavy atom. The standard InChI is InChI=1S/C13H17F3N2O3/c1-20-11-3-2-9(6-10(11)17)7-18-12(19)4-5-21-8-13(14,15)16/h2-3,6H,4-5,7-8,17H2,1H3,(H,18,19). The normalized spacial score (nSPS) is 11.2. The smallest absolute Gasteiger partial charge is 0.411 e. The number of nitrogen functional groups attached to an aromatic ring is 1. The molecule has 21 heavy (non-hydrogen) atoms. The number of carbonyl (C=O) groups is 1. The Morgan fingerprint density at radius 3 is 2.67 bits per heavy atom. The van der Waals surface area contributed by atoms with Crippen molar-refractivity contribution in [3.05, 3.63) is 23.8 Å². The minimum atomic E-state index is -4.38. The Balaban J connectivity index is 2.28. The zero-order valence-corrected chi connectivity index (χ0v) is 11.5. The number of methoxy groups -OCH3 is 1. The van der Waals surface area contributed by atoms with Crippen molar-refractivity contribution in [3.8, 4) is 5.75 Å². The molecule has 0 spiro atoms. The SMILES string of the molecule is COc1ccc(CNC(=O)CCOCC(F)(F)F)cc1N. The summed E-state index contributed by atoms with van der Waals surface area (Å²) in [6.45, 7) is -1.41. The molecule has 3 N–H and O–H groups in total. The molecule has 1 aromatic carbocycles. The maximum Gasteiger partial charge on any atom is 0.411 e. The molecule has 0 saturated heterocycles. The molecule has 0 unspecified atom stereocenters. The van der Waals surface area contributed by atoms with Crippen molar-refractivity contribution >= 4 is 11.6 Å². The highest BCUT2D eigenvalue weighted by atomic mass is 19.4. The molecule has 0 heterocycles. The molecule has 1 aromatic rings. The summed E-state index contributed by atoms with van der Waals surface area (Å²) in [6, 6.07) is 5.05. The quantitative estimate of drug-likeness (QED) is 0.596. The van der Waals surface area contributed by atoms with Gasteiger partial charge in [0.25, 0.3) is 0 Å². The number of nitrogens with two attached hydrogens (primary N) is 1. The van der Waals surface area contributed by atoms with E-state index in [0.29, 0.717) is 11.4 Å². The lowest BCUT2D eigenvalue weighted by molar-refractivity contribution is -0.174. The molecular formula is C13H17F3N2O3. The molecule has 0 aliphatic carbocycles. The number of carbonyl (C=O) groups excluding carboxylic acids is 1. The van der Waals surface area contributed by atoms with Crippen LogP contribution in [0.15, 0.2) is 18.2 Å². The fourth-order valence-corrected chi connectivity index (χ4v) is 1.54. The van der Waals surface area contributed by atoms with Crippen molar-refractivity contribution < 1.29 is 27.4 Å². The van der Waals surface area contributed by atoms with Crippen LogP contribution in [-0.4, -0.2) is 32.4 Å². The van der Waals surface area contributed by atoms with Gasteiger partial charge in [0, 0.05) is 13.0 Å². The predicted octanol–water partition coefficient (Wildman–Crippen LogP) is 1.86. The summed E-state index contributed by atoms with van der Waals surface area (Å²) in [5, 5.41) is 2.56. The molecule has 5 nitrogen and oxygen atoms in total. The van der Waals surface area contributed by atoms with Crippen LogP contribution in [0, 0.1) is 0 Å². The molecule has 0 fully saturated rings. The maximum absolute atomic E-state index is 11.8. The fourth-order valence-electron chi connectivity index (χ4n) is 1.54. The lowest BCUT2D eigenvalue weighted by Gasteiger charge is -2.09. The Hall–Kier alpha value is -1.96. The van der Waals surface area contributed by atoms with Crippen LogP contribution in [0.25, 0.3) is 0 Å². The third kappa shape index (κ3) is 6.84.